The molecule has 0 saturated carbocycles. The molecule has 3 rings (SSSR count). The number of amides is 1. The molecule has 24 heavy (non-hydrogen) atoms. The van der Waals surface area contributed by atoms with Gasteiger partial charge in [0.05, 0.1) is 19.2 Å². The summed E-state index contributed by atoms with van der Waals surface area (Å²) in [5, 5.41) is 2.89. The van der Waals surface area contributed by atoms with Gasteiger partial charge in [0, 0.05) is 17.7 Å². The first-order valence-corrected chi connectivity index (χ1v) is 8.04. The lowest BCUT2D eigenvalue weighted by molar-refractivity contribution is -0.907. The third-order valence-electron chi connectivity index (χ3n) is 4.31. The standard InChI is InChI=1S/C19H20N2O3/c1-24-19(23)15-6-8-17(9-7-15)20-18(22)13-21-11-10-14-4-2-3-5-16(14)12-21/h2-9H,10-13H2,1H3,(H,20,22)/p+1. The van der Waals surface area contributed by atoms with Crippen molar-refractivity contribution in [2.24, 2.45) is 0 Å². The van der Waals surface area contributed by atoms with E-state index in [0.717, 1.165) is 19.5 Å². The molecule has 1 unspecified atom stereocenters. The van der Waals surface area contributed by atoms with Crippen LogP contribution in [0.4, 0.5) is 5.69 Å². The Morgan fingerprint density at radius 3 is 2.50 bits per heavy atom. The maximum atomic E-state index is 12.2. The fraction of sp³-hybridized carbons (Fsp3) is 0.263. The summed E-state index contributed by atoms with van der Waals surface area (Å²) < 4.78 is 4.66. The van der Waals surface area contributed by atoms with Gasteiger partial charge < -0.3 is 15.0 Å². The van der Waals surface area contributed by atoms with Crippen molar-refractivity contribution in [3.05, 3.63) is 65.2 Å². The molecule has 2 N–H and O–H groups in total. The van der Waals surface area contributed by atoms with Crippen molar-refractivity contribution in [1.29, 1.82) is 0 Å². The van der Waals surface area contributed by atoms with E-state index < -0.39 is 0 Å². The molecular formula is C19H21N2O3+. The minimum absolute atomic E-state index is 0.0183. The molecule has 1 aliphatic heterocycles. The molecule has 0 spiro atoms. The van der Waals surface area contributed by atoms with Gasteiger partial charge in [-0.2, -0.15) is 0 Å². The lowest BCUT2D eigenvalue weighted by Gasteiger charge is -2.25. The summed E-state index contributed by atoms with van der Waals surface area (Å²) in [6, 6.07) is 15.1. The maximum Gasteiger partial charge on any atom is 0.337 e. The number of esters is 1. The smallest absolute Gasteiger partial charge is 0.337 e. The third kappa shape index (κ3) is 3.81. The summed E-state index contributed by atoms with van der Waals surface area (Å²) >= 11 is 0. The molecule has 2 aromatic carbocycles. The van der Waals surface area contributed by atoms with Gasteiger partial charge in [0.15, 0.2) is 6.54 Å². The number of carbonyl (C=O) groups excluding carboxylic acids is 2. The Morgan fingerprint density at radius 2 is 1.79 bits per heavy atom. The predicted molar refractivity (Wildman–Crippen MR) is 91.0 cm³/mol. The summed E-state index contributed by atoms with van der Waals surface area (Å²) in [6.07, 6.45) is 1.01. The Bertz CT molecular complexity index is 741. The first-order valence-electron chi connectivity index (χ1n) is 8.04. The van der Waals surface area contributed by atoms with Gasteiger partial charge in [-0.3, -0.25) is 4.79 Å². The molecular weight excluding hydrogens is 304 g/mol. The molecule has 1 aliphatic rings. The zero-order valence-corrected chi connectivity index (χ0v) is 13.7. The number of rotatable bonds is 4. The highest BCUT2D eigenvalue weighted by Crippen LogP contribution is 2.11. The molecule has 0 aromatic heterocycles. The topological polar surface area (TPSA) is 59.8 Å². The van der Waals surface area contributed by atoms with Gasteiger partial charge in [-0.05, 0) is 29.8 Å². The van der Waals surface area contributed by atoms with Crippen molar-refractivity contribution in [3.63, 3.8) is 0 Å². The second-order valence-corrected chi connectivity index (χ2v) is 5.99. The first-order chi connectivity index (χ1) is 11.7. The van der Waals surface area contributed by atoms with E-state index in [1.54, 1.807) is 24.3 Å². The quantitative estimate of drug-likeness (QED) is 0.826. The second-order valence-electron chi connectivity index (χ2n) is 5.99. The summed E-state index contributed by atoms with van der Waals surface area (Å²) in [5.74, 6) is -0.403. The van der Waals surface area contributed by atoms with Gasteiger partial charge in [0.25, 0.3) is 5.91 Å². The summed E-state index contributed by atoms with van der Waals surface area (Å²) in [5.41, 5.74) is 3.87. The van der Waals surface area contributed by atoms with Gasteiger partial charge in [0.1, 0.15) is 6.54 Å². The highest BCUT2D eigenvalue weighted by molar-refractivity contribution is 5.93. The highest BCUT2D eigenvalue weighted by Gasteiger charge is 2.21. The molecule has 0 radical (unpaired) electrons. The van der Waals surface area contributed by atoms with Crippen LogP contribution in [0.2, 0.25) is 0 Å². The molecule has 0 saturated heterocycles. The zero-order valence-electron chi connectivity index (χ0n) is 13.7. The number of hydrogen-bond acceptors (Lipinski definition) is 3. The monoisotopic (exact) mass is 325 g/mol. The van der Waals surface area contributed by atoms with Crippen LogP contribution < -0.4 is 10.2 Å². The molecule has 2 aromatic rings. The van der Waals surface area contributed by atoms with Crippen LogP contribution in [0, 0.1) is 0 Å². The van der Waals surface area contributed by atoms with Crippen LogP contribution in [-0.2, 0) is 22.5 Å². The van der Waals surface area contributed by atoms with E-state index in [4.69, 9.17) is 0 Å². The normalized spacial score (nSPS) is 16.1. The number of ether oxygens (including phenoxy) is 1. The molecule has 5 nitrogen and oxygen atoms in total. The van der Waals surface area contributed by atoms with E-state index in [9.17, 15) is 9.59 Å². The zero-order chi connectivity index (χ0) is 16.9. The Morgan fingerprint density at radius 1 is 1.08 bits per heavy atom. The lowest BCUT2D eigenvalue weighted by Crippen LogP contribution is -3.12. The van der Waals surface area contributed by atoms with Crippen molar-refractivity contribution in [3.8, 4) is 0 Å². The number of quaternary nitrogens is 1. The number of hydrogen-bond donors (Lipinski definition) is 2. The number of benzene rings is 2. The minimum Gasteiger partial charge on any atom is -0.465 e. The van der Waals surface area contributed by atoms with Gasteiger partial charge in [-0.15, -0.1) is 0 Å². The van der Waals surface area contributed by atoms with Crippen LogP contribution in [0.1, 0.15) is 21.5 Å². The van der Waals surface area contributed by atoms with E-state index in [1.165, 1.54) is 23.1 Å². The lowest BCUT2D eigenvalue weighted by atomic mass is 10.00. The van der Waals surface area contributed by atoms with Gasteiger partial charge in [-0.25, -0.2) is 4.79 Å². The number of nitrogens with one attached hydrogen (secondary N) is 2. The SMILES string of the molecule is COC(=O)c1ccc(NC(=O)C[NH+]2CCc3ccccc3C2)cc1. The third-order valence-corrected chi connectivity index (χ3v) is 4.31. The Kier molecular flexibility index (Phi) is 4.91. The molecule has 124 valence electrons. The minimum atomic E-state index is -0.385. The van der Waals surface area contributed by atoms with Crippen LogP contribution in [0.5, 0.6) is 0 Å². The van der Waals surface area contributed by atoms with Crippen molar-refractivity contribution in [2.75, 3.05) is 25.5 Å². The molecule has 1 amide bonds. The van der Waals surface area contributed by atoms with Gasteiger partial charge in [0.2, 0.25) is 0 Å². The first kappa shape index (κ1) is 16.2. The number of carbonyl (C=O) groups is 2. The van der Waals surface area contributed by atoms with Crippen molar-refractivity contribution >= 4 is 17.6 Å². The van der Waals surface area contributed by atoms with E-state index >= 15 is 0 Å². The Labute approximate surface area is 141 Å². The predicted octanol–water partition coefficient (Wildman–Crippen LogP) is 1.05. The second kappa shape index (κ2) is 7.27. The molecule has 1 atom stereocenters. The van der Waals surface area contributed by atoms with E-state index in [2.05, 4.69) is 28.3 Å². The van der Waals surface area contributed by atoms with Gasteiger partial charge >= 0.3 is 5.97 Å². The number of methoxy groups -OCH3 is 1. The Hall–Kier alpha value is -2.66. The van der Waals surface area contributed by atoms with Crippen molar-refractivity contribution < 1.29 is 19.2 Å². The molecule has 0 aliphatic carbocycles. The summed E-state index contributed by atoms with van der Waals surface area (Å²) in [7, 11) is 1.34. The van der Waals surface area contributed by atoms with Crippen LogP contribution in [0.15, 0.2) is 48.5 Å². The fourth-order valence-corrected chi connectivity index (χ4v) is 3.03. The number of anilines is 1. The van der Waals surface area contributed by atoms with Crippen LogP contribution in [0.3, 0.4) is 0 Å². The number of fused-ring (bicyclic) bond motifs is 1. The maximum absolute atomic E-state index is 12.2. The molecule has 5 heteroatoms. The van der Waals surface area contributed by atoms with E-state index in [1.807, 2.05) is 6.07 Å². The fourth-order valence-electron chi connectivity index (χ4n) is 3.03. The molecule has 1 heterocycles. The Balaban J connectivity index is 1.55. The summed E-state index contributed by atoms with van der Waals surface area (Å²) in [4.78, 5) is 24.9. The van der Waals surface area contributed by atoms with Crippen LogP contribution in [0.25, 0.3) is 0 Å². The largest absolute Gasteiger partial charge is 0.465 e. The van der Waals surface area contributed by atoms with Gasteiger partial charge in [-0.1, -0.05) is 24.3 Å². The van der Waals surface area contributed by atoms with Crippen LogP contribution in [-0.4, -0.2) is 32.1 Å². The highest BCUT2D eigenvalue weighted by atomic mass is 16.5. The van der Waals surface area contributed by atoms with E-state index in [0.29, 0.717) is 17.8 Å². The average Bonchev–Trinajstić information content (AvgIpc) is 2.61. The average molecular weight is 325 g/mol. The van der Waals surface area contributed by atoms with Crippen molar-refractivity contribution in [1.82, 2.24) is 0 Å². The molecule has 0 fully saturated rings. The van der Waals surface area contributed by atoms with Crippen LogP contribution >= 0.6 is 0 Å². The van der Waals surface area contributed by atoms with Crippen molar-refractivity contribution in [2.45, 2.75) is 13.0 Å². The van der Waals surface area contributed by atoms with E-state index in [-0.39, 0.29) is 11.9 Å². The molecule has 0 bridgehead atoms. The summed E-state index contributed by atoms with van der Waals surface area (Å²) in [6.45, 7) is 2.28.